The zero-order valence-electron chi connectivity index (χ0n) is 11.4. The first-order chi connectivity index (χ1) is 10.1. The summed E-state index contributed by atoms with van der Waals surface area (Å²) in [6.45, 7) is 0. The minimum atomic E-state index is -0.125. The predicted octanol–water partition coefficient (Wildman–Crippen LogP) is 4.66. The number of benzene rings is 2. The molecule has 110 valence electrons. The fraction of sp³-hybridized carbons (Fsp3) is 0.125. The molecule has 0 aliphatic rings. The van der Waals surface area contributed by atoms with Crippen LogP contribution in [0.2, 0.25) is 5.02 Å². The molecule has 21 heavy (non-hydrogen) atoms. The van der Waals surface area contributed by atoms with Gasteiger partial charge in [-0.15, -0.1) is 11.8 Å². The van der Waals surface area contributed by atoms with E-state index >= 15 is 0 Å². The van der Waals surface area contributed by atoms with E-state index in [1.165, 1.54) is 12.1 Å². The molecule has 2 N–H and O–H groups in total. The van der Waals surface area contributed by atoms with Gasteiger partial charge < -0.3 is 14.9 Å². The molecule has 0 atom stereocenters. The van der Waals surface area contributed by atoms with Gasteiger partial charge in [-0.05, 0) is 46.9 Å². The van der Waals surface area contributed by atoms with Crippen molar-refractivity contribution in [3.05, 3.63) is 58.0 Å². The summed E-state index contributed by atoms with van der Waals surface area (Å²) in [5, 5.41) is 21.2. The van der Waals surface area contributed by atoms with Gasteiger partial charge in [-0.3, -0.25) is 0 Å². The van der Waals surface area contributed by atoms with Crippen LogP contribution in [0.3, 0.4) is 0 Å². The Morgan fingerprint density at radius 1 is 1.14 bits per heavy atom. The van der Waals surface area contributed by atoms with E-state index in [0.29, 0.717) is 5.02 Å². The van der Waals surface area contributed by atoms with Crippen LogP contribution in [0, 0.1) is 0 Å². The Labute approximate surface area is 132 Å². The van der Waals surface area contributed by atoms with Crippen molar-refractivity contribution < 1.29 is 14.9 Å². The quantitative estimate of drug-likeness (QED) is 0.786. The van der Waals surface area contributed by atoms with Crippen molar-refractivity contribution in [2.24, 2.45) is 0 Å². The number of hydrogen-bond donors (Lipinski definition) is 2. The van der Waals surface area contributed by atoms with Gasteiger partial charge in [-0.25, -0.2) is 0 Å². The minimum Gasteiger partial charge on any atom is -0.504 e. The third-order valence-corrected chi connectivity index (χ3v) is 4.01. The maximum atomic E-state index is 9.40. The first kappa shape index (κ1) is 15.6. The van der Waals surface area contributed by atoms with E-state index in [1.807, 2.05) is 23.6 Å². The van der Waals surface area contributed by atoms with E-state index in [-0.39, 0.29) is 11.5 Å². The molecule has 0 aliphatic heterocycles. The lowest BCUT2D eigenvalue weighted by Gasteiger charge is -2.05. The zero-order chi connectivity index (χ0) is 15.2. The van der Waals surface area contributed by atoms with Gasteiger partial charge in [-0.1, -0.05) is 23.7 Å². The van der Waals surface area contributed by atoms with Crippen LogP contribution >= 0.6 is 23.4 Å². The SMILES string of the molecule is COc1ccc(CSC=Cc2ccc(O)c(O)c2)c(Cl)c1. The van der Waals surface area contributed by atoms with Gasteiger partial charge in [0.2, 0.25) is 0 Å². The maximum absolute atomic E-state index is 9.40. The fourth-order valence-electron chi connectivity index (χ4n) is 1.68. The molecular weight excluding hydrogens is 308 g/mol. The third kappa shape index (κ3) is 4.34. The Bertz CT molecular complexity index is 656. The summed E-state index contributed by atoms with van der Waals surface area (Å²) in [6, 6.07) is 10.3. The molecule has 0 heterocycles. The molecule has 2 rings (SSSR count). The van der Waals surface area contributed by atoms with Crippen LogP contribution in [0.5, 0.6) is 17.2 Å². The number of halogens is 1. The van der Waals surface area contributed by atoms with Gasteiger partial charge in [0.25, 0.3) is 0 Å². The summed E-state index contributed by atoms with van der Waals surface area (Å²) in [7, 11) is 1.61. The van der Waals surface area contributed by atoms with E-state index in [4.69, 9.17) is 16.3 Å². The van der Waals surface area contributed by atoms with Gasteiger partial charge in [-0.2, -0.15) is 0 Å². The van der Waals surface area contributed by atoms with Crippen molar-refractivity contribution >= 4 is 29.4 Å². The second kappa shape index (κ2) is 7.29. The van der Waals surface area contributed by atoms with Gasteiger partial charge in [0, 0.05) is 10.8 Å². The Hall–Kier alpha value is -1.78. The zero-order valence-corrected chi connectivity index (χ0v) is 13.0. The monoisotopic (exact) mass is 322 g/mol. The van der Waals surface area contributed by atoms with Gasteiger partial charge in [0.05, 0.1) is 7.11 Å². The van der Waals surface area contributed by atoms with Crippen LogP contribution in [-0.2, 0) is 5.75 Å². The van der Waals surface area contributed by atoms with Crippen molar-refractivity contribution in [2.45, 2.75) is 5.75 Å². The lowest BCUT2D eigenvalue weighted by atomic mass is 10.2. The fourth-order valence-corrected chi connectivity index (χ4v) is 2.78. The van der Waals surface area contributed by atoms with Crippen molar-refractivity contribution in [3.8, 4) is 17.2 Å². The summed E-state index contributed by atoms with van der Waals surface area (Å²) < 4.78 is 5.10. The molecule has 2 aromatic carbocycles. The average molecular weight is 323 g/mol. The van der Waals surface area contributed by atoms with Gasteiger partial charge >= 0.3 is 0 Å². The van der Waals surface area contributed by atoms with Crippen LogP contribution in [0.4, 0.5) is 0 Å². The summed E-state index contributed by atoms with van der Waals surface area (Å²) >= 11 is 7.75. The number of phenols is 2. The molecule has 0 aromatic heterocycles. The highest BCUT2D eigenvalue weighted by Gasteiger charge is 2.02. The second-order valence-electron chi connectivity index (χ2n) is 4.32. The number of rotatable bonds is 5. The van der Waals surface area contributed by atoms with E-state index in [0.717, 1.165) is 22.6 Å². The number of thioether (sulfide) groups is 1. The molecular formula is C16H15ClO3S. The van der Waals surface area contributed by atoms with Crippen molar-refractivity contribution in [3.63, 3.8) is 0 Å². The number of ether oxygens (including phenoxy) is 1. The molecule has 0 bridgehead atoms. The Morgan fingerprint density at radius 2 is 1.95 bits per heavy atom. The maximum Gasteiger partial charge on any atom is 0.157 e. The Balaban J connectivity index is 1.94. The molecule has 0 spiro atoms. The summed E-state index contributed by atoms with van der Waals surface area (Å²) in [5.41, 5.74) is 1.85. The van der Waals surface area contributed by atoms with Crippen molar-refractivity contribution in [1.29, 1.82) is 0 Å². The van der Waals surface area contributed by atoms with Crippen LogP contribution in [-0.4, -0.2) is 17.3 Å². The smallest absolute Gasteiger partial charge is 0.157 e. The van der Waals surface area contributed by atoms with E-state index in [9.17, 15) is 10.2 Å². The molecule has 0 saturated heterocycles. The van der Waals surface area contributed by atoms with Crippen LogP contribution < -0.4 is 4.74 Å². The highest BCUT2D eigenvalue weighted by atomic mass is 35.5. The summed E-state index contributed by atoms with van der Waals surface area (Å²) in [6.07, 6.45) is 1.86. The minimum absolute atomic E-state index is 0.121. The summed E-state index contributed by atoms with van der Waals surface area (Å²) in [5.74, 6) is 1.23. The van der Waals surface area contributed by atoms with Crippen LogP contribution in [0.25, 0.3) is 6.08 Å². The van der Waals surface area contributed by atoms with E-state index in [1.54, 1.807) is 31.0 Å². The van der Waals surface area contributed by atoms with Gasteiger partial charge in [0.15, 0.2) is 11.5 Å². The topological polar surface area (TPSA) is 49.7 Å². The standard InChI is InChI=1S/C16H15ClO3S/c1-20-13-4-3-12(14(17)9-13)10-21-7-6-11-2-5-15(18)16(19)8-11/h2-9,18-19H,10H2,1H3. The molecule has 0 amide bonds. The largest absolute Gasteiger partial charge is 0.504 e. The molecule has 2 aromatic rings. The molecule has 0 radical (unpaired) electrons. The Morgan fingerprint density at radius 3 is 2.62 bits per heavy atom. The lowest BCUT2D eigenvalue weighted by molar-refractivity contribution is 0.403. The molecule has 0 fully saturated rings. The predicted molar refractivity (Wildman–Crippen MR) is 88.1 cm³/mol. The van der Waals surface area contributed by atoms with E-state index < -0.39 is 0 Å². The molecule has 3 nitrogen and oxygen atoms in total. The van der Waals surface area contributed by atoms with Crippen molar-refractivity contribution in [1.82, 2.24) is 0 Å². The normalized spacial score (nSPS) is 11.0. The molecule has 0 aliphatic carbocycles. The number of aromatic hydroxyl groups is 2. The van der Waals surface area contributed by atoms with Crippen LogP contribution in [0.15, 0.2) is 41.8 Å². The average Bonchev–Trinajstić information content (AvgIpc) is 2.48. The number of phenolic OH excluding ortho intramolecular Hbond substituents is 2. The van der Waals surface area contributed by atoms with Gasteiger partial charge in [0.1, 0.15) is 5.75 Å². The number of hydrogen-bond acceptors (Lipinski definition) is 4. The second-order valence-corrected chi connectivity index (χ2v) is 5.62. The molecule has 5 heteroatoms. The Kier molecular flexibility index (Phi) is 5.42. The lowest BCUT2D eigenvalue weighted by Crippen LogP contribution is -1.86. The highest BCUT2D eigenvalue weighted by Crippen LogP contribution is 2.28. The molecule has 0 unspecified atom stereocenters. The van der Waals surface area contributed by atoms with Crippen LogP contribution in [0.1, 0.15) is 11.1 Å². The molecule has 0 saturated carbocycles. The van der Waals surface area contributed by atoms with Crippen molar-refractivity contribution in [2.75, 3.05) is 7.11 Å². The highest BCUT2D eigenvalue weighted by molar-refractivity contribution is 8.01. The first-order valence-electron chi connectivity index (χ1n) is 6.22. The number of methoxy groups -OCH3 is 1. The van der Waals surface area contributed by atoms with E-state index in [2.05, 4.69) is 0 Å². The first-order valence-corrected chi connectivity index (χ1v) is 7.65. The summed E-state index contributed by atoms with van der Waals surface area (Å²) in [4.78, 5) is 0. The third-order valence-electron chi connectivity index (χ3n) is 2.86.